The summed E-state index contributed by atoms with van der Waals surface area (Å²) < 4.78 is 4.94. The minimum Gasteiger partial charge on any atom is -0.466 e. The number of hydrogen-bond donors (Lipinski definition) is 0. The Morgan fingerprint density at radius 3 is 2.57 bits per heavy atom. The average Bonchev–Trinajstić information content (AvgIpc) is 2.15. The number of rotatable bonds is 7. The van der Waals surface area contributed by atoms with Crippen molar-refractivity contribution in [3.05, 3.63) is 0 Å². The van der Waals surface area contributed by atoms with Gasteiger partial charge in [0.25, 0.3) is 0 Å². The summed E-state index contributed by atoms with van der Waals surface area (Å²) in [5, 5.41) is 0. The van der Waals surface area contributed by atoms with E-state index in [1.165, 1.54) is 12.8 Å². The van der Waals surface area contributed by atoms with Gasteiger partial charge in [0.15, 0.2) is 0 Å². The maximum absolute atomic E-state index is 11.3. The number of ether oxygens (including phenoxy) is 1. The van der Waals surface area contributed by atoms with Crippen LogP contribution in [0, 0.1) is 5.92 Å². The van der Waals surface area contributed by atoms with E-state index in [4.69, 9.17) is 4.74 Å². The normalized spacial score (nSPS) is 12.9. The van der Waals surface area contributed by atoms with Crippen LogP contribution in [-0.2, 0) is 9.53 Å². The molecule has 0 spiro atoms. The van der Waals surface area contributed by atoms with Gasteiger partial charge in [-0.1, -0.05) is 20.3 Å². The van der Waals surface area contributed by atoms with Crippen molar-refractivity contribution >= 4 is 5.97 Å². The number of carbonyl (C=O) groups excluding carboxylic acids is 1. The summed E-state index contributed by atoms with van der Waals surface area (Å²) in [6, 6.07) is 0. The largest absolute Gasteiger partial charge is 0.466 e. The van der Waals surface area contributed by atoms with E-state index in [9.17, 15) is 4.79 Å². The lowest BCUT2D eigenvalue weighted by atomic mass is 10.1. The topological polar surface area (TPSA) is 29.5 Å². The van der Waals surface area contributed by atoms with Crippen LogP contribution in [-0.4, -0.2) is 37.6 Å². The van der Waals surface area contributed by atoms with Gasteiger partial charge in [-0.2, -0.15) is 0 Å². The minimum atomic E-state index is -0.0872. The molecule has 0 saturated heterocycles. The van der Waals surface area contributed by atoms with Gasteiger partial charge in [0.1, 0.15) is 0 Å². The Morgan fingerprint density at radius 1 is 1.43 bits per heavy atom. The monoisotopic (exact) mass is 201 g/mol. The number of esters is 1. The fraction of sp³-hybridized carbons (Fsp3) is 0.909. The summed E-state index contributed by atoms with van der Waals surface area (Å²) in [4.78, 5) is 13.5. The van der Waals surface area contributed by atoms with E-state index in [1.807, 2.05) is 20.9 Å². The highest BCUT2D eigenvalue weighted by atomic mass is 16.5. The molecular formula is C11H23NO2. The molecule has 0 radical (unpaired) electrons. The van der Waals surface area contributed by atoms with Crippen LogP contribution < -0.4 is 0 Å². The Morgan fingerprint density at radius 2 is 2.07 bits per heavy atom. The molecule has 14 heavy (non-hydrogen) atoms. The van der Waals surface area contributed by atoms with Gasteiger partial charge in [-0.25, -0.2) is 0 Å². The van der Waals surface area contributed by atoms with Gasteiger partial charge < -0.3 is 9.64 Å². The SMILES string of the molecule is CCCCN(C)CC(C)C(=O)OCC. The molecule has 0 aromatic heterocycles. The molecular weight excluding hydrogens is 178 g/mol. The lowest BCUT2D eigenvalue weighted by molar-refractivity contribution is -0.147. The molecule has 1 atom stereocenters. The lowest BCUT2D eigenvalue weighted by Gasteiger charge is -2.19. The zero-order chi connectivity index (χ0) is 11.0. The highest BCUT2D eigenvalue weighted by molar-refractivity contribution is 5.72. The molecule has 0 fully saturated rings. The van der Waals surface area contributed by atoms with E-state index in [1.54, 1.807) is 0 Å². The van der Waals surface area contributed by atoms with Crippen LogP contribution in [0.5, 0.6) is 0 Å². The molecule has 0 N–H and O–H groups in total. The van der Waals surface area contributed by atoms with E-state index in [0.29, 0.717) is 6.61 Å². The predicted octanol–water partition coefficient (Wildman–Crippen LogP) is 1.92. The smallest absolute Gasteiger partial charge is 0.309 e. The Kier molecular flexibility index (Phi) is 7.48. The molecule has 84 valence electrons. The van der Waals surface area contributed by atoms with Gasteiger partial charge >= 0.3 is 5.97 Å². The average molecular weight is 201 g/mol. The maximum Gasteiger partial charge on any atom is 0.309 e. The molecule has 3 heteroatoms. The highest BCUT2D eigenvalue weighted by Crippen LogP contribution is 2.02. The molecule has 0 aromatic rings. The lowest BCUT2D eigenvalue weighted by Crippen LogP contribution is -2.30. The van der Waals surface area contributed by atoms with Crippen LogP contribution >= 0.6 is 0 Å². The Hall–Kier alpha value is -0.570. The summed E-state index contributed by atoms with van der Waals surface area (Å²) in [5.74, 6) is -0.104. The first-order valence-corrected chi connectivity index (χ1v) is 5.47. The summed E-state index contributed by atoms with van der Waals surface area (Å²) >= 11 is 0. The van der Waals surface area contributed by atoms with Gasteiger partial charge in [0.2, 0.25) is 0 Å². The first-order chi connectivity index (χ1) is 6.61. The molecule has 0 rings (SSSR count). The third kappa shape index (κ3) is 5.97. The third-order valence-electron chi connectivity index (χ3n) is 2.17. The standard InChI is InChI=1S/C11H23NO2/c1-5-7-8-12(4)9-10(3)11(13)14-6-2/h10H,5-9H2,1-4H3. The fourth-order valence-corrected chi connectivity index (χ4v) is 1.35. The second kappa shape index (κ2) is 7.80. The van der Waals surface area contributed by atoms with Crippen LogP contribution in [0.3, 0.4) is 0 Å². The molecule has 0 saturated carbocycles. The van der Waals surface area contributed by atoms with Gasteiger partial charge in [0, 0.05) is 6.54 Å². The molecule has 0 aliphatic heterocycles. The molecule has 0 heterocycles. The van der Waals surface area contributed by atoms with Gasteiger partial charge in [0.05, 0.1) is 12.5 Å². The van der Waals surface area contributed by atoms with Crippen molar-refractivity contribution in [3.8, 4) is 0 Å². The van der Waals surface area contributed by atoms with Crippen molar-refractivity contribution < 1.29 is 9.53 Å². The molecule has 0 bridgehead atoms. The van der Waals surface area contributed by atoms with Crippen molar-refractivity contribution in [2.24, 2.45) is 5.92 Å². The number of carbonyl (C=O) groups is 1. The van der Waals surface area contributed by atoms with Crippen molar-refractivity contribution in [3.63, 3.8) is 0 Å². The first kappa shape index (κ1) is 13.4. The highest BCUT2D eigenvalue weighted by Gasteiger charge is 2.15. The van der Waals surface area contributed by atoms with Gasteiger partial charge in [-0.3, -0.25) is 4.79 Å². The van der Waals surface area contributed by atoms with Crippen LogP contribution in [0.25, 0.3) is 0 Å². The quantitative estimate of drug-likeness (QED) is 0.589. The zero-order valence-corrected chi connectivity index (χ0v) is 9.88. The summed E-state index contributed by atoms with van der Waals surface area (Å²) in [6.07, 6.45) is 2.38. The molecule has 1 unspecified atom stereocenters. The van der Waals surface area contributed by atoms with E-state index >= 15 is 0 Å². The van der Waals surface area contributed by atoms with Crippen LogP contribution in [0.1, 0.15) is 33.6 Å². The third-order valence-corrected chi connectivity index (χ3v) is 2.17. The molecule has 0 aliphatic rings. The van der Waals surface area contributed by atoms with Crippen LogP contribution in [0.4, 0.5) is 0 Å². The van der Waals surface area contributed by atoms with Crippen molar-refractivity contribution in [2.75, 3.05) is 26.7 Å². The van der Waals surface area contributed by atoms with Gasteiger partial charge in [-0.15, -0.1) is 0 Å². The second-order valence-electron chi connectivity index (χ2n) is 3.77. The van der Waals surface area contributed by atoms with Crippen LogP contribution in [0.2, 0.25) is 0 Å². The van der Waals surface area contributed by atoms with Crippen molar-refractivity contribution in [1.82, 2.24) is 4.90 Å². The number of hydrogen-bond acceptors (Lipinski definition) is 3. The van der Waals surface area contributed by atoms with Gasteiger partial charge in [-0.05, 0) is 26.9 Å². The summed E-state index contributed by atoms with van der Waals surface area (Å²) in [5.41, 5.74) is 0. The molecule has 0 aliphatic carbocycles. The predicted molar refractivity (Wildman–Crippen MR) is 58.2 cm³/mol. The minimum absolute atomic E-state index is 0.0168. The number of unbranched alkanes of at least 4 members (excludes halogenated alkanes) is 1. The van der Waals surface area contributed by atoms with E-state index in [2.05, 4.69) is 11.8 Å². The Balaban J connectivity index is 3.68. The van der Waals surface area contributed by atoms with E-state index < -0.39 is 0 Å². The van der Waals surface area contributed by atoms with Crippen molar-refractivity contribution in [2.45, 2.75) is 33.6 Å². The Labute approximate surface area is 87.4 Å². The number of nitrogens with zero attached hydrogens (tertiary/aromatic N) is 1. The van der Waals surface area contributed by atoms with Crippen LogP contribution in [0.15, 0.2) is 0 Å². The molecule has 3 nitrogen and oxygen atoms in total. The zero-order valence-electron chi connectivity index (χ0n) is 9.88. The molecule has 0 aromatic carbocycles. The van der Waals surface area contributed by atoms with E-state index in [0.717, 1.165) is 13.1 Å². The fourth-order valence-electron chi connectivity index (χ4n) is 1.35. The summed E-state index contributed by atoms with van der Waals surface area (Å²) in [6.45, 7) is 8.25. The second-order valence-corrected chi connectivity index (χ2v) is 3.77. The van der Waals surface area contributed by atoms with E-state index in [-0.39, 0.29) is 11.9 Å². The van der Waals surface area contributed by atoms with Crippen molar-refractivity contribution in [1.29, 1.82) is 0 Å². The first-order valence-electron chi connectivity index (χ1n) is 5.47. The maximum atomic E-state index is 11.3. The molecule has 0 amide bonds. The Bertz CT molecular complexity index is 159. The summed E-state index contributed by atoms with van der Waals surface area (Å²) in [7, 11) is 2.05.